The van der Waals surface area contributed by atoms with E-state index in [0.29, 0.717) is 0 Å². The summed E-state index contributed by atoms with van der Waals surface area (Å²) < 4.78 is 0. The molecule has 0 heterocycles. The van der Waals surface area contributed by atoms with E-state index in [1.807, 2.05) is 0 Å². The lowest BCUT2D eigenvalue weighted by Crippen LogP contribution is -2.29. The second-order valence-electron chi connectivity index (χ2n) is 6.89. The molecule has 0 saturated heterocycles. The van der Waals surface area contributed by atoms with Crippen LogP contribution < -0.4 is 0 Å². The standard InChI is InChI=1S/C25H29N/c1-2-19-26(20-17-22-9-5-3-6-10-22)21-18-23-13-15-25(16-14-23)24-11-7-4-8-12-24/h3-16H,2,17-21H2,1H3. The zero-order chi connectivity index (χ0) is 18.0. The normalized spacial score (nSPS) is 11.0. The summed E-state index contributed by atoms with van der Waals surface area (Å²) in [7, 11) is 0. The van der Waals surface area contributed by atoms with E-state index in [9.17, 15) is 0 Å². The zero-order valence-electron chi connectivity index (χ0n) is 15.8. The number of rotatable bonds is 9. The highest BCUT2D eigenvalue weighted by Crippen LogP contribution is 2.19. The van der Waals surface area contributed by atoms with Crippen LogP contribution in [0.4, 0.5) is 0 Å². The van der Waals surface area contributed by atoms with Crippen molar-refractivity contribution in [2.24, 2.45) is 0 Å². The summed E-state index contributed by atoms with van der Waals surface area (Å²) in [6.45, 7) is 5.71. The van der Waals surface area contributed by atoms with Crippen LogP contribution >= 0.6 is 0 Å². The van der Waals surface area contributed by atoms with E-state index in [1.54, 1.807) is 0 Å². The third-order valence-electron chi connectivity index (χ3n) is 4.88. The van der Waals surface area contributed by atoms with Crippen molar-refractivity contribution in [2.45, 2.75) is 26.2 Å². The van der Waals surface area contributed by atoms with Gasteiger partial charge in [0.1, 0.15) is 0 Å². The minimum absolute atomic E-state index is 1.11. The van der Waals surface area contributed by atoms with Crippen LogP contribution in [0.2, 0.25) is 0 Å². The molecule has 3 rings (SSSR count). The largest absolute Gasteiger partial charge is 0.303 e. The fourth-order valence-corrected chi connectivity index (χ4v) is 3.37. The van der Waals surface area contributed by atoms with Crippen molar-refractivity contribution >= 4 is 0 Å². The van der Waals surface area contributed by atoms with Crippen LogP contribution in [0.5, 0.6) is 0 Å². The van der Waals surface area contributed by atoms with Crippen LogP contribution in [0.1, 0.15) is 24.5 Å². The first-order valence-corrected chi connectivity index (χ1v) is 9.76. The van der Waals surface area contributed by atoms with Crippen LogP contribution in [0.3, 0.4) is 0 Å². The Morgan fingerprint density at radius 2 is 1.04 bits per heavy atom. The molecule has 0 saturated carbocycles. The molecule has 1 heteroatoms. The van der Waals surface area contributed by atoms with Gasteiger partial charge >= 0.3 is 0 Å². The number of hydrogen-bond donors (Lipinski definition) is 0. The van der Waals surface area contributed by atoms with Gasteiger partial charge in [-0.2, -0.15) is 0 Å². The van der Waals surface area contributed by atoms with Gasteiger partial charge < -0.3 is 4.90 Å². The quantitative estimate of drug-likeness (QED) is 0.471. The highest BCUT2D eigenvalue weighted by molar-refractivity contribution is 5.63. The summed E-state index contributed by atoms with van der Waals surface area (Å²) in [4.78, 5) is 2.60. The molecule has 1 nitrogen and oxygen atoms in total. The van der Waals surface area contributed by atoms with Crippen LogP contribution in [0.25, 0.3) is 11.1 Å². The highest BCUT2D eigenvalue weighted by atomic mass is 15.1. The van der Waals surface area contributed by atoms with Gasteiger partial charge in [-0.05, 0) is 48.1 Å². The van der Waals surface area contributed by atoms with Crippen molar-refractivity contribution in [2.75, 3.05) is 19.6 Å². The summed E-state index contributed by atoms with van der Waals surface area (Å²) in [5.41, 5.74) is 5.43. The second kappa shape index (κ2) is 9.94. The van der Waals surface area contributed by atoms with E-state index in [2.05, 4.69) is 96.8 Å². The monoisotopic (exact) mass is 343 g/mol. The first-order valence-electron chi connectivity index (χ1n) is 9.76. The molecule has 0 spiro atoms. The van der Waals surface area contributed by atoms with Crippen molar-refractivity contribution in [3.05, 3.63) is 96.1 Å². The van der Waals surface area contributed by atoms with Crippen LogP contribution in [0, 0.1) is 0 Å². The Balaban J connectivity index is 1.53. The van der Waals surface area contributed by atoms with Gasteiger partial charge in [0.15, 0.2) is 0 Å². The SMILES string of the molecule is CCCN(CCc1ccccc1)CCc1ccc(-c2ccccc2)cc1. The van der Waals surface area contributed by atoms with Crippen molar-refractivity contribution < 1.29 is 0 Å². The lowest BCUT2D eigenvalue weighted by molar-refractivity contribution is 0.281. The van der Waals surface area contributed by atoms with E-state index in [1.165, 1.54) is 35.2 Å². The zero-order valence-corrected chi connectivity index (χ0v) is 15.8. The number of hydrogen-bond acceptors (Lipinski definition) is 1. The van der Waals surface area contributed by atoms with E-state index < -0.39 is 0 Å². The Hall–Kier alpha value is -2.38. The lowest BCUT2D eigenvalue weighted by Gasteiger charge is -2.21. The van der Waals surface area contributed by atoms with Gasteiger partial charge in [0.25, 0.3) is 0 Å². The third kappa shape index (κ3) is 5.57. The Morgan fingerprint density at radius 1 is 0.538 bits per heavy atom. The summed E-state index contributed by atoms with van der Waals surface area (Å²) in [5.74, 6) is 0. The first kappa shape index (κ1) is 18.4. The van der Waals surface area contributed by atoms with Gasteiger partial charge in [-0.25, -0.2) is 0 Å². The van der Waals surface area contributed by atoms with E-state index in [4.69, 9.17) is 0 Å². The molecule has 0 unspecified atom stereocenters. The maximum atomic E-state index is 2.60. The summed E-state index contributed by atoms with van der Waals surface area (Å²) in [6.07, 6.45) is 3.46. The molecule has 0 amide bonds. The van der Waals surface area contributed by atoms with Gasteiger partial charge in [-0.3, -0.25) is 0 Å². The van der Waals surface area contributed by atoms with Crippen molar-refractivity contribution in [1.82, 2.24) is 4.90 Å². The summed E-state index contributed by atoms with van der Waals surface area (Å²) in [5, 5.41) is 0. The van der Waals surface area contributed by atoms with Gasteiger partial charge in [0.05, 0.1) is 0 Å². The van der Waals surface area contributed by atoms with Gasteiger partial charge in [0.2, 0.25) is 0 Å². The third-order valence-corrected chi connectivity index (χ3v) is 4.88. The topological polar surface area (TPSA) is 3.24 Å². The predicted octanol–water partition coefficient (Wildman–Crippen LogP) is 5.85. The maximum Gasteiger partial charge on any atom is 0.00219 e. The second-order valence-corrected chi connectivity index (χ2v) is 6.89. The molecular weight excluding hydrogens is 314 g/mol. The Kier molecular flexibility index (Phi) is 7.04. The fourth-order valence-electron chi connectivity index (χ4n) is 3.37. The lowest BCUT2D eigenvalue weighted by atomic mass is 10.0. The van der Waals surface area contributed by atoms with Crippen LogP contribution in [0.15, 0.2) is 84.9 Å². The van der Waals surface area contributed by atoms with E-state index in [-0.39, 0.29) is 0 Å². The van der Waals surface area contributed by atoms with Crippen molar-refractivity contribution in [1.29, 1.82) is 0 Å². The molecule has 3 aromatic rings. The molecule has 0 N–H and O–H groups in total. The maximum absolute atomic E-state index is 2.60. The summed E-state index contributed by atoms with van der Waals surface area (Å²) >= 11 is 0. The molecule has 0 fully saturated rings. The minimum atomic E-state index is 1.11. The van der Waals surface area contributed by atoms with Crippen molar-refractivity contribution in [3.8, 4) is 11.1 Å². The van der Waals surface area contributed by atoms with Gasteiger partial charge in [-0.15, -0.1) is 0 Å². The van der Waals surface area contributed by atoms with Gasteiger partial charge in [0, 0.05) is 13.1 Å². The number of benzene rings is 3. The molecule has 3 aromatic carbocycles. The van der Waals surface area contributed by atoms with E-state index in [0.717, 1.165) is 25.9 Å². The Morgan fingerprint density at radius 3 is 1.62 bits per heavy atom. The van der Waals surface area contributed by atoms with Crippen LogP contribution in [-0.2, 0) is 12.8 Å². The molecule has 26 heavy (non-hydrogen) atoms. The van der Waals surface area contributed by atoms with Gasteiger partial charge in [-0.1, -0.05) is 91.9 Å². The smallest absolute Gasteiger partial charge is 0.00219 e. The molecule has 0 aliphatic heterocycles. The molecular formula is C25H29N. The number of nitrogens with zero attached hydrogens (tertiary/aromatic N) is 1. The average Bonchev–Trinajstić information content (AvgIpc) is 2.72. The summed E-state index contributed by atoms with van der Waals surface area (Å²) in [6, 6.07) is 30.5. The first-order chi connectivity index (χ1) is 12.8. The molecule has 0 aromatic heterocycles. The van der Waals surface area contributed by atoms with E-state index >= 15 is 0 Å². The molecule has 0 atom stereocenters. The Labute approximate surface area is 158 Å². The van der Waals surface area contributed by atoms with Crippen molar-refractivity contribution in [3.63, 3.8) is 0 Å². The molecule has 0 aliphatic rings. The fraction of sp³-hybridized carbons (Fsp3) is 0.280. The molecule has 0 radical (unpaired) electrons. The highest BCUT2D eigenvalue weighted by Gasteiger charge is 2.05. The Bertz CT molecular complexity index is 747. The molecule has 134 valence electrons. The molecule has 0 aliphatic carbocycles. The minimum Gasteiger partial charge on any atom is -0.303 e. The van der Waals surface area contributed by atoms with Crippen LogP contribution in [-0.4, -0.2) is 24.5 Å². The predicted molar refractivity (Wildman–Crippen MR) is 112 cm³/mol. The average molecular weight is 344 g/mol. The molecule has 0 bridgehead atoms.